The van der Waals surface area contributed by atoms with E-state index in [9.17, 15) is 19.2 Å². The van der Waals surface area contributed by atoms with E-state index in [4.69, 9.17) is 23.2 Å². The Bertz CT molecular complexity index is 1280. The summed E-state index contributed by atoms with van der Waals surface area (Å²) in [5.74, 6) is -3.03. The molecule has 1 aliphatic rings. The van der Waals surface area contributed by atoms with Gasteiger partial charge in [-0.2, -0.15) is 5.01 Å². The molecule has 0 bridgehead atoms. The molecule has 0 radical (unpaired) electrons. The lowest BCUT2D eigenvalue weighted by atomic mass is 9.75. The summed E-state index contributed by atoms with van der Waals surface area (Å²) >= 11 is 11.9. The third kappa shape index (κ3) is 4.35. The molecule has 1 heterocycles. The number of rotatable bonds is 7. The van der Waals surface area contributed by atoms with Crippen molar-refractivity contribution in [3.05, 3.63) is 100 Å². The van der Waals surface area contributed by atoms with Crippen LogP contribution in [-0.2, 0) is 9.59 Å². The van der Waals surface area contributed by atoms with Crippen LogP contribution >= 0.6 is 23.2 Å². The summed E-state index contributed by atoms with van der Waals surface area (Å²) in [6, 6.07) is 20.3. The summed E-state index contributed by atoms with van der Waals surface area (Å²) < 4.78 is 0. The number of carbonyl (C=O) groups excluding carboxylic acids is 4. The molecule has 8 heteroatoms. The van der Waals surface area contributed by atoms with Crippen molar-refractivity contribution < 1.29 is 19.2 Å². The van der Waals surface area contributed by atoms with Crippen molar-refractivity contribution in [2.45, 2.75) is 26.2 Å². The van der Waals surface area contributed by atoms with Gasteiger partial charge in [-0.15, -0.1) is 0 Å². The number of unbranched alkanes of at least 4 members (excludes halogenated alkanes) is 1. The molecule has 3 aromatic rings. The number of nitrogens with zero attached hydrogens (tertiary/aromatic N) is 2. The first kappa shape index (κ1) is 24.6. The maximum absolute atomic E-state index is 14.1. The number of hydrogen-bond acceptors (Lipinski definition) is 4. The fraction of sp³-hybridized carbons (Fsp3) is 0.185. The number of hydrogen-bond donors (Lipinski definition) is 0. The fourth-order valence-electron chi connectivity index (χ4n) is 4.15. The molecular formula is C27H22Cl2N2O4. The third-order valence-electron chi connectivity index (χ3n) is 6.00. The van der Waals surface area contributed by atoms with Gasteiger partial charge in [-0.25, -0.2) is 5.01 Å². The fourth-order valence-corrected chi connectivity index (χ4v) is 4.40. The molecule has 1 unspecified atom stereocenters. The number of benzene rings is 3. The second-order valence-electron chi connectivity index (χ2n) is 8.23. The topological polar surface area (TPSA) is 74.8 Å². The molecule has 178 valence electrons. The van der Waals surface area contributed by atoms with E-state index < -0.39 is 28.9 Å². The van der Waals surface area contributed by atoms with Crippen LogP contribution in [0.15, 0.2) is 78.9 Å². The smallest absolute Gasteiger partial charge is 0.280 e. The molecule has 1 atom stereocenters. The van der Waals surface area contributed by atoms with Crippen molar-refractivity contribution in [2.75, 3.05) is 5.01 Å². The zero-order valence-corrected chi connectivity index (χ0v) is 20.4. The Kier molecular flexibility index (Phi) is 7.05. The average molecular weight is 509 g/mol. The predicted molar refractivity (Wildman–Crippen MR) is 134 cm³/mol. The summed E-state index contributed by atoms with van der Waals surface area (Å²) in [7, 11) is 0. The monoisotopic (exact) mass is 508 g/mol. The van der Waals surface area contributed by atoms with Crippen LogP contribution in [0.5, 0.6) is 0 Å². The number of carbonyl (C=O) groups is 4. The van der Waals surface area contributed by atoms with Crippen molar-refractivity contribution >= 4 is 52.4 Å². The molecule has 1 saturated heterocycles. The van der Waals surface area contributed by atoms with Crippen molar-refractivity contribution in [1.29, 1.82) is 0 Å². The van der Waals surface area contributed by atoms with E-state index in [0.717, 1.165) is 10.0 Å². The van der Waals surface area contributed by atoms with Crippen LogP contribution in [0.1, 0.15) is 46.9 Å². The highest BCUT2D eigenvalue weighted by atomic mass is 35.5. The minimum atomic E-state index is -2.08. The van der Waals surface area contributed by atoms with Gasteiger partial charge in [-0.3, -0.25) is 19.2 Å². The van der Waals surface area contributed by atoms with Crippen LogP contribution in [0, 0.1) is 5.41 Å². The first-order valence-corrected chi connectivity index (χ1v) is 11.9. The van der Waals surface area contributed by atoms with Gasteiger partial charge < -0.3 is 0 Å². The largest absolute Gasteiger partial charge is 0.292 e. The highest BCUT2D eigenvalue weighted by molar-refractivity contribution is 6.37. The number of amides is 3. The number of ketones is 1. The van der Waals surface area contributed by atoms with Gasteiger partial charge in [0.25, 0.3) is 17.7 Å². The normalized spacial score (nSPS) is 17.7. The van der Waals surface area contributed by atoms with Crippen LogP contribution in [0.3, 0.4) is 0 Å². The molecule has 0 spiro atoms. The number of anilines is 1. The lowest BCUT2D eigenvalue weighted by Gasteiger charge is -2.25. The molecule has 0 aromatic heterocycles. The van der Waals surface area contributed by atoms with Gasteiger partial charge in [0, 0.05) is 21.2 Å². The van der Waals surface area contributed by atoms with E-state index in [-0.39, 0.29) is 17.5 Å². The van der Waals surface area contributed by atoms with E-state index in [2.05, 4.69) is 0 Å². The van der Waals surface area contributed by atoms with Crippen LogP contribution < -0.4 is 5.01 Å². The molecule has 0 aliphatic carbocycles. The molecule has 1 fully saturated rings. The third-order valence-corrected chi connectivity index (χ3v) is 6.50. The predicted octanol–water partition coefficient (Wildman–Crippen LogP) is 5.98. The highest BCUT2D eigenvalue weighted by Crippen LogP contribution is 2.42. The Labute approximate surface area is 213 Å². The van der Waals surface area contributed by atoms with Gasteiger partial charge >= 0.3 is 0 Å². The van der Waals surface area contributed by atoms with Gasteiger partial charge in [0.05, 0.1) is 5.69 Å². The standard InChI is InChI=1S/C27H22Cl2N2O4/c1-2-3-17-27(23(32)18-9-13-20(28)14-10-18)25(34)30(22-7-5-4-6-8-22)31(26(27)35)24(33)19-11-15-21(29)16-12-19/h4-16H,2-3,17H2,1H3. The lowest BCUT2D eigenvalue weighted by Crippen LogP contribution is -2.46. The van der Waals surface area contributed by atoms with E-state index >= 15 is 0 Å². The van der Waals surface area contributed by atoms with E-state index in [1.165, 1.54) is 48.5 Å². The minimum absolute atomic E-state index is 0.0314. The van der Waals surface area contributed by atoms with Gasteiger partial charge in [-0.05, 0) is 67.1 Å². The highest BCUT2D eigenvalue weighted by Gasteiger charge is 2.64. The SMILES string of the molecule is CCCCC1(C(=O)c2ccc(Cl)cc2)C(=O)N(C(=O)c2ccc(Cl)cc2)N(c2ccccc2)C1=O. The zero-order valence-electron chi connectivity index (χ0n) is 18.9. The summed E-state index contributed by atoms with van der Waals surface area (Å²) in [5.41, 5.74) is -1.46. The maximum atomic E-state index is 14.1. The molecule has 3 amide bonds. The Morgan fingerprint density at radius 2 is 1.31 bits per heavy atom. The summed E-state index contributed by atoms with van der Waals surface area (Å²) in [6.07, 6.45) is 1.05. The Hall–Kier alpha value is -3.48. The summed E-state index contributed by atoms with van der Waals surface area (Å²) in [6.45, 7) is 1.90. The number of para-hydroxylation sites is 1. The van der Waals surface area contributed by atoms with Crippen molar-refractivity contribution in [3.8, 4) is 0 Å². The number of imide groups is 1. The average Bonchev–Trinajstić information content (AvgIpc) is 3.10. The van der Waals surface area contributed by atoms with Gasteiger partial charge in [0.2, 0.25) is 0 Å². The Balaban J connectivity index is 1.89. The van der Waals surface area contributed by atoms with Crippen LogP contribution in [-0.4, -0.2) is 28.5 Å². The second kappa shape index (κ2) is 10.0. The van der Waals surface area contributed by atoms with E-state index in [0.29, 0.717) is 28.6 Å². The molecule has 35 heavy (non-hydrogen) atoms. The molecule has 6 nitrogen and oxygen atoms in total. The maximum Gasteiger partial charge on any atom is 0.280 e. The van der Waals surface area contributed by atoms with Crippen LogP contribution in [0.25, 0.3) is 0 Å². The summed E-state index contributed by atoms with van der Waals surface area (Å²) in [5, 5.41) is 2.63. The number of Topliss-reactive ketones (excluding diaryl/α,β-unsaturated/α-hetero) is 1. The number of halogens is 2. The molecule has 4 rings (SSSR count). The van der Waals surface area contributed by atoms with Crippen LogP contribution in [0.4, 0.5) is 5.69 Å². The first-order valence-electron chi connectivity index (χ1n) is 11.2. The van der Waals surface area contributed by atoms with Gasteiger partial charge in [-0.1, -0.05) is 61.2 Å². The van der Waals surface area contributed by atoms with Gasteiger partial charge in [0.15, 0.2) is 11.2 Å². The Morgan fingerprint density at radius 1 is 0.771 bits per heavy atom. The van der Waals surface area contributed by atoms with Gasteiger partial charge in [0.1, 0.15) is 0 Å². The molecule has 3 aromatic carbocycles. The molecular weight excluding hydrogens is 487 g/mol. The summed E-state index contributed by atoms with van der Waals surface area (Å²) in [4.78, 5) is 55.6. The molecule has 0 N–H and O–H groups in total. The van der Waals surface area contributed by atoms with Crippen molar-refractivity contribution in [2.24, 2.45) is 5.41 Å². The number of hydrazine groups is 1. The quantitative estimate of drug-likeness (QED) is 0.223. The van der Waals surface area contributed by atoms with Crippen LogP contribution in [0.2, 0.25) is 10.0 Å². The Morgan fingerprint density at radius 3 is 1.86 bits per heavy atom. The van der Waals surface area contributed by atoms with E-state index in [1.54, 1.807) is 30.3 Å². The lowest BCUT2D eigenvalue weighted by molar-refractivity contribution is -0.135. The van der Waals surface area contributed by atoms with E-state index in [1.807, 2.05) is 6.92 Å². The first-order chi connectivity index (χ1) is 16.8. The minimum Gasteiger partial charge on any atom is -0.292 e. The molecule has 1 aliphatic heterocycles. The van der Waals surface area contributed by atoms with Crippen molar-refractivity contribution in [3.63, 3.8) is 0 Å². The van der Waals surface area contributed by atoms with Crippen molar-refractivity contribution in [1.82, 2.24) is 5.01 Å². The molecule has 0 saturated carbocycles. The second-order valence-corrected chi connectivity index (χ2v) is 9.10. The zero-order chi connectivity index (χ0) is 25.2.